The van der Waals surface area contributed by atoms with E-state index in [2.05, 4.69) is 20.6 Å². The summed E-state index contributed by atoms with van der Waals surface area (Å²) in [6.45, 7) is 4.27. The third-order valence-corrected chi connectivity index (χ3v) is 4.57. The molecule has 0 bridgehead atoms. The summed E-state index contributed by atoms with van der Waals surface area (Å²) in [7, 11) is 0. The first-order chi connectivity index (χ1) is 13.4. The largest absolute Gasteiger partial charge is 0.467 e. The summed E-state index contributed by atoms with van der Waals surface area (Å²) in [4.78, 5) is 10.3. The zero-order valence-electron chi connectivity index (χ0n) is 15.3. The summed E-state index contributed by atoms with van der Waals surface area (Å²) in [5, 5.41) is 6.51. The number of guanidine groups is 1. The number of nitrogens with zero attached hydrogens (tertiary/aromatic N) is 3. The number of rotatable bonds is 5. The quantitative estimate of drug-likeness (QED) is 0.576. The Bertz CT molecular complexity index is 810. The molecule has 1 saturated heterocycles. The molecule has 0 aliphatic carbocycles. The summed E-state index contributed by atoms with van der Waals surface area (Å²) >= 11 is 6.05. The van der Waals surface area contributed by atoms with Gasteiger partial charge < -0.3 is 20.0 Å². The van der Waals surface area contributed by atoms with Crippen molar-refractivity contribution in [2.24, 2.45) is 4.99 Å². The van der Waals surface area contributed by atoms with Crippen molar-refractivity contribution in [2.45, 2.75) is 32.1 Å². The molecule has 2 aromatic heterocycles. The average Bonchev–Trinajstić information content (AvgIpc) is 3.31. The number of aliphatic imine (C=N–C) groups is 1. The van der Waals surface area contributed by atoms with Gasteiger partial charge in [0.2, 0.25) is 0 Å². The van der Waals surface area contributed by atoms with Crippen LogP contribution >= 0.6 is 11.6 Å². The second kappa shape index (κ2) is 8.72. The van der Waals surface area contributed by atoms with Gasteiger partial charge in [0.1, 0.15) is 18.1 Å². The molecule has 0 radical (unpaired) electrons. The molecule has 2 aromatic rings. The highest BCUT2D eigenvalue weighted by atomic mass is 35.5. The maximum absolute atomic E-state index is 12.8. The van der Waals surface area contributed by atoms with Crippen LogP contribution in [0.15, 0.2) is 40.1 Å². The Balaban J connectivity index is 1.63. The van der Waals surface area contributed by atoms with Crippen LogP contribution in [0.2, 0.25) is 5.02 Å². The van der Waals surface area contributed by atoms with Gasteiger partial charge in [0.25, 0.3) is 0 Å². The minimum atomic E-state index is -4.46. The van der Waals surface area contributed by atoms with Gasteiger partial charge in [0.15, 0.2) is 5.96 Å². The van der Waals surface area contributed by atoms with Crippen LogP contribution in [0.3, 0.4) is 0 Å². The molecule has 6 nitrogen and oxygen atoms in total. The van der Waals surface area contributed by atoms with Gasteiger partial charge in [-0.15, -0.1) is 0 Å². The fraction of sp³-hybridized carbons (Fsp3) is 0.444. The van der Waals surface area contributed by atoms with E-state index in [0.29, 0.717) is 38.0 Å². The summed E-state index contributed by atoms with van der Waals surface area (Å²) in [5.41, 5.74) is -0.852. The minimum absolute atomic E-state index is 0.00568. The van der Waals surface area contributed by atoms with E-state index >= 15 is 0 Å². The van der Waals surface area contributed by atoms with Gasteiger partial charge in [-0.1, -0.05) is 11.6 Å². The van der Waals surface area contributed by atoms with Gasteiger partial charge in [-0.25, -0.2) is 9.98 Å². The normalized spacial score (nSPS) is 17.8. The number of pyridine rings is 1. The Labute approximate surface area is 165 Å². The Morgan fingerprint density at radius 1 is 1.46 bits per heavy atom. The Morgan fingerprint density at radius 3 is 2.93 bits per heavy atom. The van der Waals surface area contributed by atoms with Crippen molar-refractivity contribution in [3.8, 4) is 0 Å². The van der Waals surface area contributed by atoms with Crippen LogP contribution in [-0.4, -0.2) is 36.6 Å². The Hall–Kier alpha value is -2.42. The van der Waals surface area contributed by atoms with Gasteiger partial charge in [0, 0.05) is 31.9 Å². The van der Waals surface area contributed by atoms with Gasteiger partial charge in [-0.2, -0.15) is 13.2 Å². The third-order valence-electron chi connectivity index (χ3n) is 4.30. The van der Waals surface area contributed by atoms with E-state index < -0.39 is 11.7 Å². The van der Waals surface area contributed by atoms with Crippen LogP contribution in [0.4, 0.5) is 19.0 Å². The van der Waals surface area contributed by atoms with Crippen molar-refractivity contribution < 1.29 is 17.6 Å². The summed E-state index contributed by atoms with van der Waals surface area (Å²) in [6, 6.07) is 4.64. The molecule has 3 heterocycles. The van der Waals surface area contributed by atoms with Crippen LogP contribution < -0.4 is 15.5 Å². The molecule has 1 atom stereocenters. The van der Waals surface area contributed by atoms with Gasteiger partial charge in [-0.05, 0) is 31.5 Å². The molecule has 3 rings (SSSR count). The third kappa shape index (κ3) is 5.09. The van der Waals surface area contributed by atoms with E-state index in [1.807, 2.05) is 17.9 Å². The number of furan rings is 1. The van der Waals surface area contributed by atoms with E-state index in [9.17, 15) is 13.2 Å². The van der Waals surface area contributed by atoms with E-state index in [1.54, 1.807) is 12.3 Å². The first kappa shape index (κ1) is 20.3. The predicted octanol–water partition coefficient (Wildman–Crippen LogP) is 3.68. The lowest BCUT2D eigenvalue weighted by Gasteiger charge is -2.21. The standard InChI is InChI=1S/C18H21ClF3N5O/c1-2-23-17(25-10-14-4-3-7-28-14)26-13-5-6-27(11-13)16-15(19)8-12(9-24-16)18(20,21)22/h3-4,7-9,13H,2,5-6,10-11H2,1H3,(H2,23,25,26). The zero-order valence-corrected chi connectivity index (χ0v) is 16.0. The first-order valence-electron chi connectivity index (χ1n) is 8.91. The lowest BCUT2D eigenvalue weighted by molar-refractivity contribution is -0.137. The number of nitrogens with one attached hydrogen (secondary N) is 2. The Kier molecular flexibility index (Phi) is 6.33. The first-order valence-corrected chi connectivity index (χ1v) is 9.29. The number of hydrogen-bond donors (Lipinski definition) is 2. The molecule has 1 aliphatic rings. The summed E-state index contributed by atoms with van der Waals surface area (Å²) in [6.07, 6.45) is -1.27. The van der Waals surface area contributed by atoms with Gasteiger partial charge in [0.05, 0.1) is 16.8 Å². The molecule has 1 aliphatic heterocycles. The molecule has 10 heteroatoms. The van der Waals surface area contributed by atoms with E-state index in [4.69, 9.17) is 16.0 Å². The molecule has 1 fully saturated rings. The van der Waals surface area contributed by atoms with E-state index in [-0.39, 0.29) is 11.1 Å². The predicted molar refractivity (Wildman–Crippen MR) is 102 cm³/mol. The lowest BCUT2D eigenvalue weighted by atomic mass is 10.2. The van der Waals surface area contributed by atoms with Crippen LogP contribution in [-0.2, 0) is 12.7 Å². The zero-order chi connectivity index (χ0) is 20.1. The molecule has 1 unspecified atom stereocenters. The number of halogens is 4. The fourth-order valence-corrected chi connectivity index (χ4v) is 3.25. The summed E-state index contributed by atoms with van der Waals surface area (Å²) in [5.74, 6) is 1.76. The molecule has 0 amide bonds. The van der Waals surface area contributed by atoms with Crippen molar-refractivity contribution in [3.63, 3.8) is 0 Å². The number of anilines is 1. The minimum Gasteiger partial charge on any atom is -0.467 e. The second-order valence-electron chi connectivity index (χ2n) is 6.38. The van der Waals surface area contributed by atoms with Crippen LogP contribution in [0.1, 0.15) is 24.7 Å². The van der Waals surface area contributed by atoms with E-state index in [0.717, 1.165) is 24.4 Å². The lowest BCUT2D eigenvalue weighted by Crippen LogP contribution is -2.44. The molecule has 152 valence electrons. The molecule has 28 heavy (non-hydrogen) atoms. The number of hydrogen-bond acceptors (Lipinski definition) is 4. The highest BCUT2D eigenvalue weighted by molar-refractivity contribution is 6.33. The smallest absolute Gasteiger partial charge is 0.417 e. The van der Waals surface area contributed by atoms with Crippen molar-refractivity contribution in [1.82, 2.24) is 15.6 Å². The van der Waals surface area contributed by atoms with Crippen molar-refractivity contribution >= 4 is 23.4 Å². The number of aromatic nitrogens is 1. The Morgan fingerprint density at radius 2 is 2.29 bits per heavy atom. The SMILES string of the molecule is CCNC(=NCc1ccco1)NC1CCN(c2ncc(C(F)(F)F)cc2Cl)C1. The molecular weight excluding hydrogens is 395 g/mol. The second-order valence-corrected chi connectivity index (χ2v) is 6.78. The molecule has 2 N–H and O–H groups in total. The van der Waals surface area contributed by atoms with Crippen molar-refractivity contribution in [3.05, 3.63) is 47.0 Å². The fourth-order valence-electron chi connectivity index (χ4n) is 2.96. The van der Waals surface area contributed by atoms with Crippen molar-refractivity contribution in [2.75, 3.05) is 24.5 Å². The van der Waals surface area contributed by atoms with Crippen LogP contribution in [0.25, 0.3) is 0 Å². The number of alkyl halides is 3. The molecule has 0 saturated carbocycles. The van der Waals surface area contributed by atoms with Crippen molar-refractivity contribution in [1.29, 1.82) is 0 Å². The molecule has 0 spiro atoms. The van der Waals surface area contributed by atoms with Crippen LogP contribution in [0, 0.1) is 0 Å². The topological polar surface area (TPSA) is 65.7 Å². The monoisotopic (exact) mass is 415 g/mol. The molecular formula is C18H21ClF3N5O. The average molecular weight is 416 g/mol. The van der Waals surface area contributed by atoms with E-state index in [1.165, 1.54) is 0 Å². The highest BCUT2D eigenvalue weighted by Crippen LogP contribution is 2.34. The maximum Gasteiger partial charge on any atom is 0.417 e. The summed E-state index contributed by atoms with van der Waals surface area (Å²) < 4.78 is 43.6. The molecule has 0 aromatic carbocycles. The maximum atomic E-state index is 12.8. The highest BCUT2D eigenvalue weighted by Gasteiger charge is 2.33. The van der Waals surface area contributed by atoms with Crippen LogP contribution in [0.5, 0.6) is 0 Å². The van der Waals surface area contributed by atoms with Gasteiger partial charge in [-0.3, -0.25) is 0 Å². The van der Waals surface area contributed by atoms with Gasteiger partial charge >= 0.3 is 6.18 Å².